The van der Waals surface area contributed by atoms with E-state index in [0.717, 1.165) is 32.2 Å². The summed E-state index contributed by atoms with van der Waals surface area (Å²) in [5.41, 5.74) is 2.68. The second-order valence-electron chi connectivity index (χ2n) is 7.21. The number of fused-ring (bicyclic) bond motifs is 4. The van der Waals surface area contributed by atoms with Crippen molar-refractivity contribution in [2.45, 2.75) is 33.5 Å². The number of aryl methyl sites for hydroxylation is 2. The molecule has 30 heavy (non-hydrogen) atoms. The average Bonchev–Trinajstić information content (AvgIpc) is 3.29. The van der Waals surface area contributed by atoms with E-state index in [-0.39, 0.29) is 5.56 Å². The zero-order valence-corrected chi connectivity index (χ0v) is 18.2. The van der Waals surface area contributed by atoms with Gasteiger partial charge in [-0.2, -0.15) is 0 Å². The fraction of sp³-hybridized carbons (Fsp3) is 0.227. The summed E-state index contributed by atoms with van der Waals surface area (Å²) in [7, 11) is 0. The first-order valence-electron chi connectivity index (χ1n) is 9.48. The molecule has 0 bridgehead atoms. The highest BCUT2D eigenvalue weighted by Gasteiger charge is 2.25. The third-order valence-corrected chi connectivity index (χ3v) is 7.54. The second-order valence-corrected chi connectivity index (χ2v) is 9.47. The van der Waals surface area contributed by atoms with Crippen LogP contribution in [0.4, 0.5) is 0 Å². The lowest BCUT2D eigenvalue weighted by atomic mass is 10.1. The number of carbonyl (C=O) groups is 1. The number of nitrogens with zero attached hydrogens (tertiary/aromatic N) is 1. The van der Waals surface area contributed by atoms with Gasteiger partial charge in [0.15, 0.2) is 11.9 Å². The van der Waals surface area contributed by atoms with Crippen LogP contribution in [0.2, 0.25) is 0 Å². The molecule has 0 spiro atoms. The van der Waals surface area contributed by atoms with Crippen LogP contribution < -0.4 is 10.3 Å². The quantitative estimate of drug-likeness (QED) is 0.448. The Morgan fingerprint density at radius 3 is 2.90 bits per heavy atom. The minimum absolute atomic E-state index is 0.208. The first kappa shape index (κ1) is 19.0. The van der Waals surface area contributed by atoms with E-state index in [9.17, 15) is 9.59 Å². The molecule has 0 saturated carbocycles. The van der Waals surface area contributed by atoms with Crippen molar-refractivity contribution in [3.8, 4) is 16.2 Å². The third kappa shape index (κ3) is 3.03. The Bertz CT molecular complexity index is 1370. The second kappa shape index (κ2) is 7.07. The maximum absolute atomic E-state index is 12.8. The van der Waals surface area contributed by atoms with Gasteiger partial charge in [-0.15, -0.1) is 22.7 Å². The molecule has 6 nitrogen and oxygen atoms in total. The lowest BCUT2D eigenvalue weighted by Crippen LogP contribution is -2.17. The van der Waals surface area contributed by atoms with Crippen LogP contribution in [0.15, 0.2) is 35.1 Å². The summed E-state index contributed by atoms with van der Waals surface area (Å²) < 4.78 is 11.4. The van der Waals surface area contributed by atoms with Crippen LogP contribution in [0, 0.1) is 13.8 Å². The maximum atomic E-state index is 12.8. The van der Waals surface area contributed by atoms with Crippen LogP contribution >= 0.6 is 22.7 Å². The molecule has 3 aromatic heterocycles. The average molecular weight is 439 g/mol. The molecular formula is C22H18N2O4S2. The summed E-state index contributed by atoms with van der Waals surface area (Å²) in [6.07, 6.45) is -0.681. The van der Waals surface area contributed by atoms with Crippen molar-refractivity contribution in [3.05, 3.63) is 67.4 Å². The molecule has 1 aliphatic rings. The Morgan fingerprint density at radius 2 is 2.07 bits per heavy atom. The Kier molecular flexibility index (Phi) is 4.48. The van der Waals surface area contributed by atoms with Crippen molar-refractivity contribution in [2.24, 2.45) is 0 Å². The molecule has 1 unspecified atom stereocenters. The molecule has 4 heterocycles. The van der Waals surface area contributed by atoms with Crippen LogP contribution in [-0.2, 0) is 11.3 Å². The number of ether oxygens (including phenoxy) is 2. The van der Waals surface area contributed by atoms with Gasteiger partial charge in [0.25, 0.3) is 5.56 Å². The largest absolute Gasteiger partial charge is 0.488 e. The fourth-order valence-electron chi connectivity index (χ4n) is 3.54. The topological polar surface area (TPSA) is 81.3 Å². The Hall–Kier alpha value is -2.97. The Morgan fingerprint density at radius 1 is 1.27 bits per heavy atom. The number of H-pyrrole nitrogens is 1. The van der Waals surface area contributed by atoms with Gasteiger partial charge in [0.1, 0.15) is 22.1 Å². The van der Waals surface area contributed by atoms with Crippen molar-refractivity contribution in [1.29, 1.82) is 0 Å². The monoisotopic (exact) mass is 438 g/mol. The number of rotatable bonds is 3. The summed E-state index contributed by atoms with van der Waals surface area (Å²) in [6.45, 7) is 6.01. The summed E-state index contributed by atoms with van der Waals surface area (Å²) in [6, 6.07) is 9.59. The van der Waals surface area contributed by atoms with Crippen molar-refractivity contribution in [1.82, 2.24) is 9.97 Å². The number of hydrogen-bond acceptors (Lipinski definition) is 7. The number of para-hydroxylation sites is 1. The van der Waals surface area contributed by atoms with E-state index in [1.54, 1.807) is 6.92 Å². The first-order chi connectivity index (χ1) is 14.4. The van der Waals surface area contributed by atoms with Gasteiger partial charge >= 0.3 is 5.97 Å². The summed E-state index contributed by atoms with van der Waals surface area (Å²) in [5.74, 6) is 0.717. The van der Waals surface area contributed by atoms with E-state index in [1.165, 1.54) is 22.7 Å². The summed E-state index contributed by atoms with van der Waals surface area (Å²) in [5, 5.41) is 0.601. The smallest absolute Gasteiger partial charge is 0.349 e. The van der Waals surface area contributed by atoms with Gasteiger partial charge in [-0.3, -0.25) is 4.79 Å². The van der Waals surface area contributed by atoms with Gasteiger partial charge in [-0.1, -0.05) is 12.1 Å². The van der Waals surface area contributed by atoms with Crippen LogP contribution in [0.3, 0.4) is 0 Å². The lowest BCUT2D eigenvalue weighted by molar-refractivity contribution is 0.0326. The molecule has 152 valence electrons. The van der Waals surface area contributed by atoms with Gasteiger partial charge in [0, 0.05) is 20.9 Å². The van der Waals surface area contributed by atoms with Gasteiger partial charge in [-0.25, -0.2) is 9.78 Å². The molecule has 0 fully saturated rings. The van der Waals surface area contributed by atoms with Crippen molar-refractivity contribution in [2.75, 3.05) is 0 Å². The normalized spacial score (nSPS) is 13.4. The SMILES string of the molecule is Cc1sc2nc(C(C)OC(=O)c3cc4c(s3)-c3ccccc3OC4)[nH]c(=O)c2c1C. The molecule has 5 rings (SSSR count). The number of aromatic amines is 1. The van der Waals surface area contributed by atoms with E-state index in [0.29, 0.717) is 27.5 Å². The van der Waals surface area contributed by atoms with Gasteiger partial charge < -0.3 is 14.5 Å². The maximum Gasteiger partial charge on any atom is 0.349 e. The standard InChI is InChI=1S/C22H18N2O4S2/c1-10-12(3)29-21-17(10)20(25)23-19(24-21)11(2)28-22(26)16-8-13-9-27-15-7-5-4-6-14(15)18(13)30-16/h4-8,11H,9H2,1-3H3,(H,23,24,25). The number of esters is 1. The van der Waals surface area contributed by atoms with E-state index < -0.39 is 12.1 Å². The van der Waals surface area contributed by atoms with Crippen molar-refractivity contribution in [3.63, 3.8) is 0 Å². The number of benzene rings is 1. The minimum Gasteiger partial charge on any atom is -0.488 e. The first-order valence-corrected chi connectivity index (χ1v) is 11.1. The number of aromatic nitrogens is 2. The molecule has 1 aliphatic heterocycles. The van der Waals surface area contributed by atoms with Gasteiger partial charge in [0.05, 0.1) is 5.39 Å². The van der Waals surface area contributed by atoms with Crippen LogP contribution in [0.25, 0.3) is 20.7 Å². The molecule has 0 radical (unpaired) electrons. The molecule has 4 aromatic rings. The van der Waals surface area contributed by atoms with E-state index >= 15 is 0 Å². The molecule has 1 atom stereocenters. The number of carbonyl (C=O) groups excluding carboxylic acids is 1. The molecule has 0 amide bonds. The summed E-state index contributed by atoms with van der Waals surface area (Å²) >= 11 is 2.86. The minimum atomic E-state index is -0.681. The Balaban J connectivity index is 1.42. The van der Waals surface area contributed by atoms with Crippen LogP contribution in [-0.4, -0.2) is 15.9 Å². The number of nitrogens with one attached hydrogen (secondary N) is 1. The molecular weight excluding hydrogens is 420 g/mol. The van der Waals surface area contributed by atoms with Crippen molar-refractivity contribution < 1.29 is 14.3 Å². The highest BCUT2D eigenvalue weighted by molar-refractivity contribution is 7.18. The van der Waals surface area contributed by atoms with Gasteiger partial charge in [0.2, 0.25) is 0 Å². The molecule has 0 saturated heterocycles. The third-order valence-electron chi connectivity index (χ3n) is 5.25. The van der Waals surface area contributed by atoms with E-state index in [1.807, 2.05) is 44.2 Å². The van der Waals surface area contributed by atoms with Crippen LogP contribution in [0.1, 0.15) is 44.5 Å². The highest BCUT2D eigenvalue weighted by Crippen LogP contribution is 2.42. The molecule has 0 aliphatic carbocycles. The zero-order chi connectivity index (χ0) is 21.0. The fourth-order valence-corrected chi connectivity index (χ4v) is 5.66. The Labute approximate surface area is 180 Å². The summed E-state index contributed by atoms with van der Waals surface area (Å²) in [4.78, 5) is 35.8. The highest BCUT2D eigenvalue weighted by atomic mass is 32.1. The van der Waals surface area contributed by atoms with Crippen molar-refractivity contribution >= 4 is 38.9 Å². The number of hydrogen-bond donors (Lipinski definition) is 1. The molecule has 8 heteroatoms. The molecule has 1 N–H and O–H groups in total. The van der Waals surface area contributed by atoms with E-state index in [4.69, 9.17) is 9.47 Å². The number of thiophene rings is 2. The predicted octanol–water partition coefficient (Wildman–Crippen LogP) is 5.14. The zero-order valence-electron chi connectivity index (χ0n) is 16.6. The molecule has 1 aromatic carbocycles. The lowest BCUT2D eigenvalue weighted by Gasteiger charge is -2.16. The van der Waals surface area contributed by atoms with Crippen LogP contribution in [0.5, 0.6) is 5.75 Å². The van der Waals surface area contributed by atoms with E-state index in [2.05, 4.69) is 9.97 Å². The van der Waals surface area contributed by atoms with Gasteiger partial charge in [-0.05, 0) is 44.5 Å². The predicted molar refractivity (Wildman–Crippen MR) is 118 cm³/mol.